The van der Waals surface area contributed by atoms with Crippen LogP contribution in [0.4, 0.5) is 0 Å². The number of halogens is 3. The second-order valence-electron chi connectivity index (χ2n) is 3.14. The lowest BCUT2D eigenvalue weighted by Gasteiger charge is -2.23. The van der Waals surface area contributed by atoms with Crippen LogP contribution in [0.3, 0.4) is 0 Å². The minimum Gasteiger partial charge on any atom is -0.295 e. The molecule has 1 aliphatic carbocycles. The second kappa shape index (κ2) is 4.30. The molecule has 1 saturated carbocycles. The summed E-state index contributed by atoms with van der Waals surface area (Å²) < 4.78 is -0.903. The van der Waals surface area contributed by atoms with E-state index < -0.39 is 9.16 Å². The van der Waals surface area contributed by atoms with Crippen molar-refractivity contribution in [3.05, 3.63) is 0 Å². The summed E-state index contributed by atoms with van der Waals surface area (Å²) in [5, 5.41) is -0.415. The summed E-state index contributed by atoms with van der Waals surface area (Å²) in [6.45, 7) is 0. The Labute approximate surface area is 90.9 Å². The van der Waals surface area contributed by atoms with Crippen molar-refractivity contribution in [1.82, 2.24) is 0 Å². The van der Waals surface area contributed by atoms with Gasteiger partial charge < -0.3 is 0 Å². The average Bonchev–Trinajstić information content (AvgIpc) is 2.00. The summed E-state index contributed by atoms with van der Waals surface area (Å²) >= 11 is 15.1. The summed E-state index contributed by atoms with van der Waals surface area (Å²) in [7, 11) is 0. The van der Waals surface area contributed by atoms with Gasteiger partial charge in [-0.05, 0) is 12.8 Å². The molecule has 1 aliphatic rings. The Bertz CT molecular complexity index is 182. The van der Waals surface area contributed by atoms with Crippen LogP contribution in [0.2, 0.25) is 0 Å². The molecule has 0 aromatic heterocycles. The average molecular weight is 274 g/mol. The Kier molecular flexibility index (Phi) is 3.87. The lowest BCUT2D eigenvalue weighted by Crippen LogP contribution is -2.34. The van der Waals surface area contributed by atoms with Crippen LogP contribution in [0.25, 0.3) is 0 Å². The van der Waals surface area contributed by atoms with Crippen LogP contribution in [-0.4, -0.2) is 14.9 Å². The van der Waals surface area contributed by atoms with Gasteiger partial charge in [0.25, 0.3) is 0 Å². The molecule has 0 aromatic rings. The van der Waals surface area contributed by atoms with Crippen LogP contribution in [0.15, 0.2) is 0 Å². The highest BCUT2D eigenvalue weighted by Gasteiger charge is 2.37. The first-order chi connectivity index (χ1) is 5.54. The fourth-order valence-electron chi connectivity index (χ4n) is 1.33. The number of rotatable bonds is 0. The van der Waals surface area contributed by atoms with Gasteiger partial charge in [-0.1, -0.05) is 46.8 Å². The highest BCUT2D eigenvalue weighted by atomic mass is 79.9. The zero-order valence-corrected chi connectivity index (χ0v) is 9.75. The van der Waals surface area contributed by atoms with Gasteiger partial charge >= 0.3 is 0 Å². The first kappa shape index (κ1) is 10.8. The zero-order valence-electron chi connectivity index (χ0n) is 6.66. The standard InChI is InChI=1S/C8H11BrCl2O/c9-8(11)5-3-1-2-4-6(10)7(8)12/h6H,1-5H2. The van der Waals surface area contributed by atoms with Gasteiger partial charge in [-0.2, -0.15) is 0 Å². The predicted octanol–water partition coefficient (Wildman–Crippen LogP) is 3.46. The van der Waals surface area contributed by atoms with E-state index in [1.165, 1.54) is 0 Å². The van der Waals surface area contributed by atoms with Crippen LogP contribution >= 0.6 is 39.1 Å². The largest absolute Gasteiger partial charge is 0.295 e. The first-order valence-corrected chi connectivity index (χ1v) is 5.71. The van der Waals surface area contributed by atoms with Crippen LogP contribution in [0, 0.1) is 0 Å². The number of carbonyl (C=O) groups is 1. The summed E-state index contributed by atoms with van der Waals surface area (Å²) in [5.41, 5.74) is 0. The molecule has 70 valence electrons. The number of ketones is 1. The van der Waals surface area contributed by atoms with E-state index in [0.29, 0.717) is 6.42 Å². The molecular formula is C8H11BrCl2O. The third-order valence-corrected chi connectivity index (χ3v) is 3.67. The molecule has 0 aromatic carbocycles. The second-order valence-corrected chi connectivity index (χ2v) is 6.12. The third-order valence-electron chi connectivity index (χ3n) is 2.09. The fourth-order valence-corrected chi connectivity index (χ4v) is 2.68. The number of Topliss-reactive ketones (excluding diaryl/α,β-unsaturated/α-hetero) is 1. The van der Waals surface area contributed by atoms with Gasteiger partial charge in [-0.3, -0.25) is 4.79 Å². The van der Waals surface area contributed by atoms with Crippen molar-refractivity contribution in [3.8, 4) is 0 Å². The van der Waals surface area contributed by atoms with Gasteiger partial charge in [-0.15, -0.1) is 11.6 Å². The Balaban J connectivity index is 2.67. The number of hydrogen-bond acceptors (Lipinski definition) is 1. The van der Waals surface area contributed by atoms with Crippen molar-refractivity contribution in [1.29, 1.82) is 0 Å². The molecule has 0 N–H and O–H groups in total. The van der Waals surface area contributed by atoms with Crippen LogP contribution in [0.5, 0.6) is 0 Å². The van der Waals surface area contributed by atoms with Gasteiger partial charge in [0, 0.05) is 0 Å². The summed E-state index contributed by atoms with van der Waals surface area (Å²) in [6.07, 6.45) is 4.55. The third kappa shape index (κ3) is 2.61. The Hall–Kier alpha value is 0.730. The number of hydrogen-bond donors (Lipinski definition) is 0. The van der Waals surface area contributed by atoms with Crippen LogP contribution < -0.4 is 0 Å². The highest BCUT2D eigenvalue weighted by molar-refractivity contribution is 9.10. The lowest BCUT2D eigenvalue weighted by molar-refractivity contribution is -0.119. The number of alkyl halides is 3. The topological polar surface area (TPSA) is 17.1 Å². The quantitative estimate of drug-likeness (QED) is 0.618. The van der Waals surface area contributed by atoms with Crippen molar-refractivity contribution < 1.29 is 4.79 Å². The Morgan fingerprint density at radius 2 is 2.08 bits per heavy atom. The highest BCUT2D eigenvalue weighted by Crippen LogP contribution is 2.36. The van der Waals surface area contributed by atoms with E-state index in [2.05, 4.69) is 15.9 Å². The molecule has 0 aliphatic heterocycles. The molecule has 0 spiro atoms. The molecule has 2 unspecified atom stereocenters. The maximum absolute atomic E-state index is 11.5. The molecule has 1 rings (SSSR count). The molecule has 0 heterocycles. The van der Waals surface area contributed by atoms with Crippen LogP contribution in [0.1, 0.15) is 32.1 Å². The van der Waals surface area contributed by atoms with Crippen molar-refractivity contribution >= 4 is 44.9 Å². The van der Waals surface area contributed by atoms with E-state index >= 15 is 0 Å². The van der Waals surface area contributed by atoms with Gasteiger partial charge in [0.1, 0.15) is 0 Å². The Morgan fingerprint density at radius 3 is 2.75 bits per heavy atom. The van der Waals surface area contributed by atoms with Gasteiger partial charge in [0.05, 0.1) is 5.38 Å². The van der Waals surface area contributed by atoms with Crippen molar-refractivity contribution in [2.24, 2.45) is 0 Å². The molecule has 1 nitrogen and oxygen atoms in total. The smallest absolute Gasteiger partial charge is 0.182 e. The van der Waals surface area contributed by atoms with Crippen molar-refractivity contribution in [3.63, 3.8) is 0 Å². The lowest BCUT2D eigenvalue weighted by atomic mass is 9.99. The maximum atomic E-state index is 11.5. The van der Waals surface area contributed by atoms with E-state index in [4.69, 9.17) is 23.2 Å². The van der Waals surface area contributed by atoms with Crippen LogP contribution in [-0.2, 0) is 4.79 Å². The monoisotopic (exact) mass is 272 g/mol. The Morgan fingerprint density at radius 1 is 1.42 bits per heavy atom. The summed E-state index contributed by atoms with van der Waals surface area (Å²) in [5.74, 6) is -0.0782. The van der Waals surface area contributed by atoms with E-state index in [9.17, 15) is 4.79 Å². The van der Waals surface area contributed by atoms with E-state index in [-0.39, 0.29) is 5.78 Å². The zero-order chi connectivity index (χ0) is 9.19. The molecule has 0 amide bonds. The molecular weight excluding hydrogens is 263 g/mol. The molecule has 12 heavy (non-hydrogen) atoms. The van der Waals surface area contributed by atoms with Gasteiger partial charge in [0.2, 0.25) is 0 Å². The molecule has 2 atom stereocenters. The SMILES string of the molecule is O=C1C(Cl)CCCCCC1(Cl)Br. The van der Waals surface area contributed by atoms with E-state index in [0.717, 1.165) is 25.7 Å². The molecule has 4 heteroatoms. The molecule has 0 radical (unpaired) electrons. The van der Waals surface area contributed by atoms with E-state index in [1.807, 2.05) is 0 Å². The minimum atomic E-state index is -0.903. The predicted molar refractivity (Wildman–Crippen MR) is 55.2 cm³/mol. The summed E-state index contributed by atoms with van der Waals surface area (Å²) in [4.78, 5) is 11.5. The molecule has 0 saturated heterocycles. The number of carbonyl (C=O) groups excluding carboxylic acids is 1. The summed E-state index contributed by atoms with van der Waals surface area (Å²) in [6, 6.07) is 0. The first-order valence-electron chi connectivity index (χ1n) is 4.10. The minimum absolute atomic E-state index is 0.0782. The molecule has 0 bridgehead atoms. The fraction of sp³-hybridized carbons (Fsp3) is 0.875. The normalized spacial score (nSPS) is 38.9. The van der Waals surface area contributed by atoms with Crippen molar-refractivity contribution in [2.45, 2.75) is 41.3 Å². The van der Waals surface area contributed by atoms with Crippen molar-refractivity contribution in [2.75, 3.05) is 0 Å². The maximum Gasteiger partial charge on any atom is 0.182 e. The van der Waals surface area contributed by atoms with E-state index in [1.54, 1.807) is 0 Å². The van der Waals surface area contributed by atoms with Gasteiger partial charge in [0.15, 0.2) is 9.57 Å². The van der Waals surface area contributed by atoms with Gasteiger partial charge in [-0.25, -0.2) is 0 Å². The molecule has 1 fully saturated rings.